The molecule has 0 rings (SSSR count). The second-order valence-electron chi connectivity index (χ2n) is 0.670. The number of carbonyl (C=O) groups excluding carboxylic acids is 1. The Hall–Kier alpha value is -0.505. The molecule has 0 bridgehead atoms. The molecule has 0 saturated heterocycles. The lowest BCUT2D eigenvalue weighted by atomic mass is 9.98. The minimum Gasteiger partial charge on any atom is -0.377 e. The largest absolute Gasteiger partial charge is 0.377 e. The van der Waals surface area contributed by atoms with Crippen LogP contribution in [0.1, 0.15) is 0 Å². The molecule has 4 heteroatoms. The standard InChI is InChI=1S/CH5BN2O/c3-1(5)2-4/h2H,4H2,(H2,3,5). The average Bonchev–Trinajstić information content (AvgIpc) is 1.38. The van der Waals surface area contributed by atoms with E-state index >= 15 is 0 Å². The highest BCUT2D eigenvalue weighted by Gasteiger charge is 1.82. The van der Waals surface area contributed by atoms with Crippen LogP contribution in [0.25, 0.3) is 0 Å². The maximum atomic E-state index is 9.47. The van der Waals surface area contributed by atoms with E-state index in [0.717, 1.165) is 0 Å². The maximum absolute atomic E-state index is 9.47. The Morgan fingerprint density at radius 1 is 1.80 bits per heavy atom. The van der Waals surface area contributed by atoms with Gasteiger partial charge in [0.05, 0.1) is 0 Å². The molecule has 0 aromatic rings. The van der Waals surface area contributed by atoms with E-state index in [1.807, 2.05) is 0 Å². The zero-order valence-corrected chi connectivity index (χ0v) is 2.77. The molecule has 0 fully saturated rings. The average molecular weight is 71.9 g/mol. The third kappa shape index (κ3) is 3.49. The van der Waals surface area contributed by atoms with E-state index < -0.39 is 5.81 Å². The van der Waals surface area contributed by atoms with Gasteiger partial charge in [-0.05, 0) is 0 Å². The molecule has 0 atom stereocenters. The Kier molecular flexibility index (Phi) is 1.60. The molecule has 0 spiro atoms. The molecule has 0 aliphatic rings. The van der Waals surface area contributed by atoms with Crippen LogP contribution in [0.2, 0.25) is 0 Å². The van der Waals surface area contributed by atoms with Crippen molar-refractivity contribution >= 4 is 13.2 Å². The van der Waals surface area contributed by atoms with Crippen LogP contribution < -0.4 is 11.4 Å². The molecular weight excluding hydrogens is 66.8 g/mol. The SMILES string of the molecule is NBC(N)=O. The molecule has 0 radical (unpaired) electrons. The monoisotopic (exact) mass is 72.0 g/mol. The number of rotatable bonds is 1. The molecule has 0 heterocycles. The van der Waals surface area contributed by atoms with Crippen molar-refractivity contribution in [2.24, 2.45) is 11.4 Å². The molecule has 1 amide bonds. The highest BCUT2D eigenvalue weighted by atomic mass is 16.1. The van der Waals surface area contributed by atoms with E-state index in [1.165, 1.54) is 0 Å². The third-order valence-electron chi connectivity index (χ3n) is 0.201. The number of carbonyl (C=O) groups is 1. The van der Waals surface area contributed by atoms with E-state index in [2.05, 4.69) is 5.73 Å². The van der Waals surface area contributed by atoms with Crippen molar-refractivity contribution in [3.8, 4) is 0 Å². The molecule has 0 saturated carbocycles. The predicted molar refractivity (Wildman–Crippen MR) is 20.9 cm³/mol. The first-order chi connectivity index (χ1) is 2.27. The lowest BCUT2D eigenvalue weighted by Gasteiger charge is -1.71. The molecule has 0 aliphatic heterocycles. The summed E-state index contributed by atoms with van der Waals surface area (Å²) in [6.07, 6.45) is 0. The van der Waals surface area contributed by atoms with Crippen molar-refractivity contribution in [2.75, 3.05) is 0 Å². The van der Waals surface area contributed by atoms with Crippen molar-refractivity contribution in [3.63, 3.8) is 0 Å². The summed E-state index contributed by atoms with van der Waals surface area (Å²) in [7, 11) is -0.0556. The molecule has 4 N–H and O–H groups in total. The van der Waals surface area contributed by atoms with Crippen molar-refractivity contribution < 1.29 is 4.79 Å². The van der Waals surface area contributed by atoms with Crippen molar-refractivity contribution in [2.45, 2.75) is 0 Å². The lowest BCUT2D eigenvalue weighted by molar-refractivity contribution is 0.265. The Bertz CT molecular complexity index is 44.9. The minimum absolute atomic E-state index is 0.0556. The molecule has 0 aromatic carbocycles. The first kappa shape index (κ1) is 4.49. The van der Waals surface area contributed by atoms with Gasteiger partial charge in [-0.2, -0.15) is 0 Å². The van der Waals surface area contributed by atoms with E-state index in [-0.39, 0.29) is 7.41 Å². The number of nitrogens with two attached hydrogens (primary N) is 2. The van der Waals surface area contributed by atoms with Gasteiger partial charge in [0, 0.05) is 0 Å². The van der Waals surface area contributed by atoms with Crippen LogP contribution in [0.3, 0.4) is 0 Å². The van der Waals surface area contributed by atoms with Gasteiger partial charge in [-0.1, -0.05) is 0 Å². The first-order valence-electron chi connectivity index (χ1n) is 1.25. The van der Waals surface area contributed by atoms with Gasteiger partial charge in [-0.15, -0.1) is 0 Å². The second-order valence-corrected chi connectivity index (χ2v) is 0.670. The topological polar surface area (TPSA) is 69.1 Å². The smallest absolute Gasteiger partial charge is 0.308 e. The minimum atomic E-state index is -0.468. The highest BCUT2D eigenvalue weighted by molar-refractivity contribution is 6.70. The van der Waals surface area contributed by atoms with E-state index in [0.29, 0.717) is 0 Å². The van der Waals surface area contributed by atoms with Gasteiger partial charge in [0.1, 0.15) is 0 Å². The summed E-state index contributed by atoms with van der Waals surface area (Å²) < 4.78 is 0. The van der Waals surface area contributed by atoms with Gasteiger partial charge in [-0.3, -0.25) is 4.79 Å². The van der Waals surface area contributed by atoms with Crippen LogP contribution in [0.5, 0.6) is 0 Å². The number of hydrogen-bond donors (Lipinski definition) is 2. The van der Waals surface area contributed by atoms with Crippen molar-refractivity contribution in [3.05, 3.63) is 0 Å². The summed E-state index contributed by atoms with van der Waals surface area (Å²) >= 11 is 0. The van der Waals surface area contributed by atoms with Gasteiger partial charge in [-0.25, -0.2) is 0 Å². The first-order valence-corrected chi connectivity index (χ1v) is 1.25. The third-order valence-corrected chi connectivity index (χ3v) is 0.201. The van der Waals surface area contributed by atoms with Crippen LogP contribution in [0.4, 0.5) is 4.79 Å². The van der Waals surface area contributed by atoms with Crippen molar-refractivity contribution in [1.82, 2.24) is 0 Å². The van der Waals surface area contributed by atoms with Gasteiger partial charge in [0.2, 0.25) is 0 Å². The summed E-state index contributed by atoms with van der Waals surface area (Å²) in [5.74, 6) is -0.468. The number of hydrogen-bond acceptors (Lipinski definition) is 2. The summed E-state index contributed by atoms with van der Waals surface area (Å²) in [6.45, 7) is 0. The summed E-state index contributed by atoms with van der Waals surface area (Å²) in [5.41, 5.74) is 9.22. The fourth-order valence-electron chi connectivity index (χ4n) is 0. The van der Waals surface area contributed by atoms with Gasteiger partial charge in [0.25, 0.3) is 0 Å². The second kappa shape index (κ2) is 1.78. The Morgan fingerprint density at radius 2 is 2.00 bits per heavy atom. The predicted octanol–water partition coefficient (Wildman–Crippen LogP) is -1.62. The summed E-state index contributed by atoms with van der Waals surface area (Å²) in [5, 5.41) is 0. The normalized spacial score (nSPS) is 6.60. The Morgan fingerprint density at radius 3 is 2.00 bits per heavy atom. The van der Waals surface area contributed by atoms with Gasteiger partial charge >= 0.3 is 7.41 Å². The summed E-state index contributed by atoms with van der Waals surface area (Å²) in [6, 6.07) is 0. The van der Waals surface area contributed by atoms with E-state index in [4.69, 9.17) is 5.64 Å². The van der Waals surface area contributed by atoms with Gasteiger partial charge < -0.3 is 11.4 Å². The lowest BCUT2D eigenvalue weighted by Crippen LogP contribution is -2.24. The van der Waals surface area contributed by atoms with Crippen molar-refractivity contribution in [1.29, 1.82) is 0 Å². The fourth-order valence-corrected chi connectivity index (χ4v) is 0. The summed E-state index contributed by atoms with van der Waals surface area (Å²) in [4.78, 5) is 9.47. The zero-order chi connectivity index (χ0) is 4.28. The number of amides is 1. The highest BCUT2D eigenvalue weighted by Crippen LogP contribution is 1.41. The molecule has 0 aliphatic carbocycles. The zero-order valence-electron chi connectivity index (χ0n) is 2.77. The quantitative estimate of drug-likeness (QED) is 0.365. The Labute approximate surface area is 30.6 Å². The maximum Gasteiger partial charge on any atom is 0.308 e. The molecule has 28 valence electrons. The van der Waals surface area contributed by atoms with Crippen LogP contribution in [0.15, 0.2) is 0 Å². The molecule has 3 nitrogen and oxygen atoms in total. The van der Waals surface area contributed by atoms with Crippen LogP contribution in [-0.4, -0.2) is 13.2 Å². The Balaban J connectivity index is 2.85. The van der Waals surface area contributed by atoms with Gasteiger partial charge in [0.15, 0.2) is 5.81 Å². The fraction of sp³-hybridized carbons (Fsp3) is 0. The number of primary amides is 1. The molecule has 0 aromatic heterocycles. The molecule has 0 unspecified atom stereocenters. The van der Waals surface area contributed by atoms with Crippen LogP contribution in [0, 0.1) is 0 Å². The van der Waals surface area contributed by atoms with E-state index in [1.54, 1.807) is 0 Å². The van der Waals surface area contributed by atoms with E-state index in [9.17, 15) is 4.79 Å². The van der Waals surface area contributed by atoms with Crippen LogP contribution in [-0.2, 0) is 0 Å². The molecular formula is CH5BN2O. The molecule has 5 heavy (non-hydrogen) atoms. The van der Waals surface area contributed by atoms with Crippen LogP contribution >= 0.6 is 0 Å².